The molecule has 0 aromatic carbocycles. The van der Waals surface area contributed by atoms with Crippen molar-refractivity contribution in [2.24, 2.45) is 0 Å². The third-order valence-corrected chi connectivity index (χ3v) is 3.95. The molecule has 1 aliphatic rings. The number of esters is 1. The molecule has 0 bridgehead atoms. The second-order valence-corrected chi connectivity index (χ2v) is 5.17. The number of nitrogens with one attached hydrogen (secondary N) is 1. The largest absolute Gasteiger partial charge is 0.462 e. The summed E-state index contributed by atoms with van der Waals surface area (Å²) in [5, 5.41) is 2.80. The number of hydrogen-bond donors (Lipinski definition) is 1. The predicted molar refractivity (Wildman–Crippen MR) is 80.9 cm³/mol. The number of carbonyl (C=O) groups excluding carboxylic acids is 2. The van der Waals surface area contributed by atoms with E-state index < -0.39 is 12.0 Å². The molecule has 6 heteroatoms. The molecule has 22 heavy (non-hydrogen) atoms. The first-order chi connectivity index (χ1) is 10.6. The zero-order valence-electron chi connectivity index (χ0n) is 12.7. The maximum atomic E-state index is 12.4. The van der Waals surface area contributed by atoms with Crippen LogP contribution in [-0.4, -0.2) is 28.0 Å². The third-order valence-electron chi connectivity index (χ3n) is 3.95. The Morgan fingerprint density at radius 3 is 2.82 bits per heavy atom. The van der Waals surface area contributed by atoms with Crippen molar-refractivity contribution >= 4 is 17.7 Å². The van der Waals surface area contributed by atoms with Crippen LogP contribution in [0.2, 0.25) is 0 Å². The number of aromatic nitrogens is 2. The quantitative estimate of drug-likeness (QED) is 0.882. The van der Waals surface area contributed by atoms with Crippen molar-refractivity contribution in [1.82, 2.24) is 9.55 Å². The van der Waals surface area contributed by atoms with Crippen LogP contribution >= 0.6 is 0 Å². The van der Waals surface area contributed by atoms with Crippen molar-refractivity contribution in [2.75, 3.05) is 11.9 Å². The molecule has 114 valence electrons. The van der Waals surface area contributed by atoms with Gasteiger partial charge in [-0.25, -0.2) is 4.79 Å². The molecule has 0 spiro atoms. The van der Waals surface area contributed by atoms with Gasteiger partial charge >= 0.3 is 5.97 Å². The molecule has 1 amide bonds. The van der Waals surface area contributed by atoms with Gasteiger partial charge in [0.05, 0.1) is 12.3 Å². The van der Waals surface area contributed by atoms with E-state index in [1.54, 1.807) is 25.3 Å². The molecule has 1 N–H and O–H groups in total. The summed E-state index contributed by atoms with van der Waals surface area (Å²) >= 11 is 0. The zero-order valence-corrected chi connectivity index (χ0v) is 12.7. The van der Waals surface area contributed by atoms with Crippen LogP contribution < -0.4 is 5.32 Å². The van der Waals surface area contributed by atoms with E-state index in [-0.39, 0.29) is 5.91 Å². The molecule has 1 aliphatic heterocycles. The number of rotatable bonds is 3. The first-order valence-electron chi connectivity index (χ1n) is 7.16. The lowest BCUT2D eigenvalue weighted by molar-refractivity contribution is -0.117. The van der Waals surface area contributed by atoms with Gasteiger partial charge < -0.3 is 14.6 Å². The van der Waals surface area contributed by atoms with E-state index in [0.29, 0.717) is 23.7 Å². The highest BCUT2D eigenvalue weighted by Crippen LogP contribution is 2.38. The van der Waals surface area contributed by atoms with Gasteiger partial charge in [-0.15, -0.1) is 0 Å². The molecule has 0 aliphatic carbocycles. The van der Waals surface area contributed by atoms with E-state index in [4.69, 9.17) is 4.74 Å². The second kappa shape index (κ2) is 5.29. The molecule has 1 unspecified atom stereocenters. The number of amides is 1. The van der Waals surface area contributed by atoms with Crippen molar-refractivity contribution in [3.63, 3.8) is 0 Å². The zero-order chi connectivity index (χ0) is 15.9. The third kappa shape index (κ3) is 1.99. The highest BCUT2D eigenvalue weighted by molar-refractivity contribution is 6.07. The smallest absolute Gasteiger partial charge is 0.342 e. The Labute approximate surface area is 128 Å². The van der Waals surface area contributed by atoms with Crippen LogP contribution in [0.3, 0.4) is 0 Å². The predicted octanol–water partition coefficient (Wildman–Crippen LogP) is 2.22. The van der Waals surface area contributed by atoms with E-state index in [0.717, 1.165) is 11.3 Å². The summed E-state index contributed by atoms with van der Waals surface area (Å²) in [6, 6.07) is 4.89. The highest BCUT2D eigenvalue weighted by atomic mass is 16.5. The summed E-state index contributed by atoms with van der Waals surface area (Å²) < 4.78 is 6.93. The minimum atomic E-state index is -0.557. The molecule has 1 atom stereocenters. The van der Waals surface area contributed by atoms with Gasteiger partial charge in [-0.05, 0) is 38.5 Å². The molecule has 0 saturated carbocycles. The van der Waals surface area contributed by atoms with Crippen LogP contribution in [0.4, 0.5) is 5.82 Å². The van der Waals surface area contributed by atoms with Crippen LogP contribution in [-0.2, 0) is 9.53 Å². The van der Waals surface area contributed by atoms with E-state index in [1.807, 2.05) is 24.5 Å². The molecule has 0 saturated heterocycles. The maximum Gasteiger partial charge on any atom is 0.342 e. The van der Waals surface area contributed by atoms with Crippen LogP contribution in [0.5, 0.6) is 0 Å². The standard InChI is InChI=1S/C16H17N3O3/c1-4-22-16(21)12-9(2)10(3)19-13(15(20)18-14(12)19)11-7-5-6-8-17-11/h5-8,13H,4H2,1-3H3,(H,18,20). The molecule has 2 aromatic rings. The Hall–Kier alpha value is -2.63. The minimum Gasteiger partial charge on any atom is -0.462 e. The van der Waals surface area contributed by atoms with Gasteiger partial charge in [-0.3, -0.25) is 9.78 Å². The number of nitrogens with zero attached hydrogens (tertiary/aromatic N) is 2. The van der Waals surface area contributed by atoms with Gasteiger partial charge in [0.15, 0.2) is 6.04 Å². The lowest BCUT2D eigenvalue weighted by Gasteiger charge is -2.12. The average Bonchev–Trinajstić information content (AvgIpc) is 2.95. The molecule has 6 nitrogen and oxygen atoms in total. The summed E-state index contributed by atoms with van der Waals surface area (Å²) in [6.07, 6.45) is 1.65. The Bertz CT molecular complexity index is 750. The number of anilines is 1. The van der Waals surface area contributed by atoms with Crippen LogP contribution in [0.25, 0.3) is 0 Å². The van der Waals surface area contributed by atoms with Gasteiger partial charge in [0.2, 0.25) is 0 Å². The Morgan fingerprint density at radius 1 is 1.41 bits per heavy atom. The molecular weight excluding hydrogens is 282 g/mol. The first kappa shape index (κ1) is 14.3. The lowest BCUT2D eigenvalue weighted by atomic mass is 10.1. The fourth-order valence-corrected chi connectivity index (χ4v) is 2.83. The lowest BCUT2D eigenvalue weighted by Crippen LogP contribution is -2.19. The van der Waals surface area contributed by atoms with Gasteiger partial charge in [0.25, 0.3) is 5.91 Å². The van der Waals surface area contributed by atoms with Gasteiger partial charge in [-0.1, -0.05) is 6.07 Å². The number of pyridine rings is 1. The fraction of sp³-hybridized carbons (Fsp3) is 0.312. The summed E-state index contributed by atoms with van der Waals surface area (Å²) in [5.74, 6) is -0.115. The van der Waals surface area contributed by atoms with E-state index in [1.165, 1.54) is 0 Å². The number of hydrogen-bond acceptors (Lipinski definition) is 4. The monoisotopic (exact) mass is 299 g/mol. The minimum absolute atomic E-state index is 0.192. The van der Waals surface area contributed by atoms with Crippen molar-refractivity contribution in [3.8, 4) is 0 Å². The summed E-state index contributed by atoms with van der Waals surface area (Å²) in [7, 11) is 0. The second-order valence-electron chi connectivity index (χ2n) is 5.17. The van der Waals surface area contributed by atoms with E-state index in [2.05, 4.69) is 10.3 Å². The summed E-state index contributed by atoms with van der Waals surface area (Å²) in [6.45, 7) is 5.79. The van der Waals surface area contributed by atoms with Gasteiger partial charge in [0, 0.05) is 11.9 Å². The van der Waals surface area contributed by atoms with Crippen molar-refractivity contribution < 1.29 is 14.3 Å². The van der Waals surface area contributed by atoms with Crippen molar-refractivity contribution in [1.29, 1.82) is 0 Å². The average molecular weight is 299 g/mol. The fourth-order valence-electron chi connectivity index (χ4n) is 2.83. The van der Waals surface area contributed by atoms with Crippen LogP contribution in [0.15, 0.2) is 24.4 Å². The maximum absolute atomic E-state index is 12.4. The molecule has 0 radical (unpaired) electrons. The van der Waals surface area contributed by atoms with Crippen LogP contribution in [0.1, 0.15) is 40.3 Å². The Kier molecular flexibility index (Phi) is 3.44. The number of ether oxygens (including phenoxy) is 1. The highest BCUT2D eigenvalue weighted by Gasteiger charge is 2.38. The normalized spacial score (nSPS) is 16.3. The number of fused-ring (bicyclic) bond motifs is 1. The van der Waals surface area contributed by atoms with Crippen molar-refractivity contribution in [3.05, 3.63) is 46.9 Å². The molecular formula is C16H17N3O3. The molecule has 3 heterocycles. The van der Waals surface area contributed by atoms with E-state index in [9.17, 15) is 9.59 Å². The van der Waals surface area contributed by atoms with E-state index >= 15 is 0 Å². The van der Waals surface area contributed by atoms with Gasteiger partial charge in [-0.2, -0.15) is 0 Å². The SMILES string of the molecule is CCOC(=O)c1c(C)c(C)n2c1NC(=O)C2c1ccccn1. The Morgan fingerprint density at radius 2 is 2.18 bits per heavy atom. The number of carbonyl (C=O) groups is 2. The molecule has 0 fully saturated rings. The Balaban J connectivity index is 2.15. The summed E-state index contributed by atoms with van der Waals surface area (Å²) in [5.41, 5.74) is 2.74. The van der Waals surface area contributed by atoms with Crippen LogP contribution in [0, 0.1) is 13.8 Å². The van der Waals surface area contributed by atoms with Crippen molar-refractivity contribution in [2.45, 2.75) is 26.8 Å². The topological polar surface area (TPSA) is 73.2 Å². The van der Waals surface area contributed by atoms with Gasteiger partial charge in [0.1, 0.15) is 11.4 Å². The first-order valence-corrected chi connectivity index (χ1v) is 7.16. The molecule has 2 aromatic heterocycles. The summed E-state index contributed by atoms with van der Waals surface area (Å²) in [4.78, 5) is 28.8. The molecule has 3 rings (SSSR count).